The van der Waals surface area contributed by atoms with Crippen LogP contribution >= 0.6 is 12.4 Å². The topological polar surface area (TPSA) is 63.8 Å². The maximum atomic E-state index is 13.1. The molecule has 3 rings (SSSR count). The molecule has 0 saturated heterocycles. The van der Waals surface area contributed by atoms with Crippen LogP contribution < -0.4 is 4.74 Å². The standard InChI is InChI=1S/C21H24N2O3.ClH/c1-3-17-20(23-12-8-11-19(26-4-2)21(23)22-17)18(25)13-16(14-24)15-9-6-5-7-10-15;/h5-12,16,24H,3-4,13-14H2,1-2H3;1H/t16-;/m0./s1. The molecule has 0 saturated carbocycles. The van der Waals surface area contributed by atoms with Crippen LogP contribution in [0.25, 0.3) is 5.65 Å². The molecule has 1 N–H and O–H groups in total. The van der Waals surface area contributed by atoms with Crippen LogP contribution in [0.5, 0.6) is 5.75 Å². The molecular weight excluding hydrogens is 364 g/mol. The molecule has 0 aliphatic rings. The molecule has 0 spiro atoms. The lowest BCUT2D eigenvalue weighted by molar-refractivity contribution is 0.0953. The highest BCUT2D eigenvalue weighted by atomic mass is 35.5. The molecule has 1 atom stereocenters. The number of aromatic nitrogens is 2. The summed E-state index contributed by atoms with van der Waals surface area (Å²) in [5.74, 6) is 0.422. The summed E-state index contributed by atoms with van der Waals surface area (Å²) in [6, 6.07) is 13.4. The van der Waals surface area contributed by atoms with E-state index in [0.29, 0.717) is 30.1 Å². The summed E-state index contributed by atoms with van der Waals surface area (Å²) >= 11 is 0. The zero-order valence-corrected chi connectivity index (χ0v) is 16.4. The van der Waals surface area contributed by atoms with Crippen LogP contribution in [0.4, 0.5) is 0 Å². The largest absolute Gasteiger partial charge is 0.490 e. The van der Waals surface area contributed by atoms with Gasteiger partial charge in [0.05, 0.1) is 18.9 Å². The molecule has 2 heterocycles. The zero-order chi connectivity index (χ0) is 18.5. The Kier molecular flexibility index (Phi) is 7.39. The van der Waals surface area contributed by atoms with Gasteiger partial charge in [0.25, 0.3) is 0 Å². The Labute approximate surface area is 165 Å². The van der Waals surface area contributed by atoms with E-state index in [9.17, 15) is 9.90 Å². The summed E-state index contributed by atoms with van der Waals surface area (Å²) in [5, 5.41) is 9.79. The summed E-state index contributed by atoms with van der Waals surface area (Å²) < 4.78 is 7.46. The number of carbonyl (C=O) groups excluding carboxylic acids is 1. The lowest BCUT2D eigenvalue weighted by Gasteiger charge is -2.14. The molecule has 0 aliphatic heterocycles. The summed E-state index contributed by atoms with van der Waals surface area (Å²) in [6.07, 6.45) is 2.73. The number of imidazole rings is 1. The summed E-state index contributed by atoms with van der Waals surface area (Å²) in [6.45, 7) is 4.38. The predicted octanol–water partition coefficient (Wildman–Crippen LogP) is 4.07. The maximum Gasteiger partial charge on any atom is 0.182 e. The van der Waals surface area contributed by atoms with Crippen molar-refractivity contribution in [3.05, 3.63) is 65.6 Å². The van der Waals surface area contributed by atoms with Crippen LogP contribution in [0.1, 0.15) is 47.9 Å². The van der Waals surface area contributed by atoms with Crippen LogP contribution in [-0.4, -0.2) is 33.5 Å². The number of hydrogen-bond donors (Lipinski definition) is 1. The highest BCUT2D eigenvalue weighted by Gasteiger charge is 2.23. The van der Waals surface area contributed by atoms with Crippen LogP contribution in [0, 0.1) is 0 Å². The van der Waals surface area contributed by atoms with E-state index in [2.05, 4.69) is 4.98 Å². The van der Waals surface area contributed by atoms with Gasteiger partial charge in [-0.1, -0.05) is 37.3 Å². The fraction of sp³-hybridized carbons (Fsp3) is 0.333. The highest BCUT2D eigenvalue weighted by Crippen LogP contribution is 2.26. The van der Waals surface area contributed by atoms with Crippen molar-refractivity contribution >= 4 is 23.8 Å². The lowest BCUT2D eigenvalue weighted by Crippen LogP contribution is -2.14. The number of aryl methyl sites for hydroxylation is 1. The number of Topliss-reactive ketones (excluding diaryl/α,β-unsaturated/α-hetero) is 1. The van der Waals surface area contributed by atoms with Gasteiger partial charge in [-0.15, -0.1) is 12.4 Å². The number of aliphatic hydroxyl groups excluding tert-OH is 1. The Morgan fingerprint density at radius 3 is 2.56 bits per heavy atom. The van der Waals surface area contributed by atoms with Crippen molar-refractivity contribution in [2.75, 3.05) is 13.2 Å². The number of carbonyl (C=O) groups is 1. The third kappa shape index (κ3) is 4.31. The molecule has 0 unspecified atom stereocenters. The molecule has 0 amide bonds. The molecule has 0 bridgehead atoms. The van der Waals surface area contributed by atoms with E-state index in [0.717, 1.165) is 11.3 Å². The van der Waals surface area contributed by atoms with Gasteiger partial charge < -0.3 is 9.84 Å². The molecule has 6 heteroatoms. The summed E-state index contributed by atoms with van der Waals surface area (Å²) in [7, 11) is 0. The first kappa shape index (κ1) is 20.9. The van der Waals surface area contributed by atoms with Gasteiger partial charge >= 0.3 is 0 Å². The molecule has 1 aromatic carbocycles. The number of aliphatic hydroxyl groups is 1. The zero-order valence-electron chi connectivity index (χ0n) is 15.6. The molecule has 144 valence electrons. The van der Waals surface area contributed by atoms with Crippen molar-refractivity contribution in [3.63, 3.8) is 0 Å². The SMILES string of the molecule is CCOc1cccn2c(C(=O)C[C@@H](CO)c3ccccc3)c(CC)nc12.Cl. The first-order chi connectivity index (χ1) is 12.7. The van der Waals surface area contributed by atoms with E-state index >= 15 is 0 Å². The maximum absolute atomic E-state index is 13.1. The number of rotatable bonds is 8. The molecule has 2 aromatic heterocycles. The monoisotopic (exact) mass is 388 g/mol. The Morgan fingerprint density at radius 1 is 1.19 bits per heavy atom. The number of hydrogen-bond acceptors (Lipinski definition) is 4. The van der Waals surface area contributed by atoms with Gasteiger partial charge in [0, 0.05) is 18.5 Å². The Bertz CT molecular complexity index is 893. The lowest BCUT2D eigenvalue weighted by atomic mass is 9.93. The molecule has 5 nitrogen and oxygen atoms in total. The van der Waals surface area contributed by atoms with Crippen LogP contribution in [0.15, 0.2) is 48.7 Å². The number of nitrogens with zero attached hydrogens (tertiary/aromatic N) is 2. The van der Waals surface area contributed by atoms with E-state index in [1.54, 1.807) is 0 Å². The van der Waals surface area contributed by atoms with E-state index in [4.69, 9.17) is 4.74 Å². The number of ketones is 1. The van der Waals surface area contributed by atoms with Crippen molar-refractivity contribution in [2.24, 2.45) is 0 Å². The summed E-state index contributed by atoms with van der Waals surface area (Å²) in [4.78, 5) is 17.7. The minimum atomic E-state index is -0.228. The summed E-state index contributed by atoms with van der Waals surface area (Å²) in [5.41, 5.74) is 2.96. The van der Waals surface area contributed by atoms with Crippen molar-refractivity contribution in [1.29, 1.82) is 0 Å². The van der Waals surface area contributed by atoms with Crippen molar-refractivity contribution in [1.82, 2.24) is 9.38 Å². The second-order valence-electron chi connectivity index (χ2n) is 6.18. The van der Waals surface area contributed by atoms with E-state index in [1.807, 2.05) is 66.9 Å². The quantitative estimate of drug-likeness (QED) is 0.591. The smallest absolute Gasteiger partial charge is 0.182 e. The van der Waals surface area contributed by atoms with Gasteiger partial charge in [0.2, 0.25) is 0 Å². The first-order valence-corrected chi connectivity index (χ1v) is 9.01. The van der Waals surface area contributed by atoms with Crippen LogP contribution in [-0.2, 0) is 6.42 Å². The van der Waals surface area contributed by atoms with Crippen LogP contribution in [0.2, 0.25) is 0 Å². The minimum absolute atomic E-state index is 0. The number of fused-ring (bicyclic) bond motifs is 1. The van der Waals surface area contributed by atoms with Gasteiger partial charge in [-0.2, -0.15) is 0 Å². The molecular formula is C21H25ClN2O3. The normalized spacial score (nSPS) is 11.8. The number of ether oxygens (including phenoxy) is 1. The Morgan fingerprint density at radius 2 is 1.93 bits per heavy atom. The average Bonchev–Trinajstić information content (AvgIpc) is 3.06. The van der Waals surface area contributed by atoms with Crippen molar-refractivity contribution in [2.45, 2.75) is 32.6 Å². The minimum Gasteiger partial charge on any atom is -0.490 e. The van der Waals surface area contributed by atoms with Gasteiger partial charge in [-0.3, -0.25) is 9.20 Å². The van der Waals surface area contributed by atoms with Crippen molar-refractivity contribution in [3.8, 4) is 5.75 Å². The van der Waals surface area contributed by atoms with E-state index < -0.39 is 0 Å². The predicted molar refractivity (Wildman–Crippen MR) is 108 cm³/mol. The van der Waals surface area contributed by atoms with Gasteiger partial charge in [-0.25, -0.2) is 4.98 Å². The van der Waals surface area contributed by atoms with Gasteiger partial charge in [-0.05, 0) is 31.0 Å². The van der Waals surface area contributed by atoms with Crippen molar-refractivity contribution < 1.29 is 14.6 Å². The fourth-order valence-electron chi connectivity index (χ4n) is 3.23. The highest BCUT2D eigenvalue weighted by molar-refractivity contribution is 5.97. The number of benzene rings is 1. The first-order valence-electron chi connectivity index (χ1n) is 9.01. The molecule has 0 radical (unpaired) electrons. The molecule has 0 fully saturated rings. The van der Waals surface area contributed by atoms with Gasteiger partial charge in [0.15, 0.2) is 17.2 Å². The Balaban J connectivity index is 0.00000261. The third-order valence-corrected chi connectivity index (χ3v) is 4.51. The average molecular weight is 389 g/mol. The second-order valence-corrected chi connectivity index (χ2v) is 6.18. The van der Waals surface area contributed by atoms with E-state index in [1.165, 1.54) is 0 Å². The fourth-order valence-corrected chi connectivity index (χ4v) is 3.23. The molecule has 0 aliphatic carbocycles. The third-order valence-electron chi connectivity index (χ3n) is 4.51. The number of pyridine rings is 1. The van der Waals surface area contributed by atoms with Gasteiger partial charge in [0.1, 0.15) is 5.69 Å². The van der Waals surface area contributed by atoms with Crippen LogP contribution in [0.3, 0.4) is 0 Å². The molecule has 27 heavy (non-hydrogen) atoms. The molecule has 3 aromatic rings. The Hall–Kier alpha value is -2.37. The number of halogens is 1. The second kappa shape index (κ2) is 9.53. The van der Waals surface area contributed by atoms with E-state index in [-0.39, 0.29) is 37.1 Å².